The second-order valence-corrected chi connectivity index (χ2v) is 7.53. The third kappa shape index (κ3) is 4.81. The molecule has 1 aromatic carbocycles. The smallest absolute Gasteiger partial charge is 0.254 e. The zero-order valence-corrected chi connectivity index (χ0v) is 15.4. The molecule has 2 atom stereocenters. The lowest BCUT2D eigenvalue weighted by Crippen LogP contribution is -2.31. The first kappa shape index (κ1) is 18.4. The van der Waals surface area contributed by atoms with Crippen LogP contribution in [0.2, 0.25) is 0 Å². The Labute approximate surface area is 150 Å². The largest absolute Gasteiger partial charge is 0.388 e. The van der Waals surface area contributed by atoms with Crippen LogP contribution in [0, 0.1) is 0 Å². The molecule has 0 radical (unpaired) electrons. The van der Waals surface area contributed by atoms with Crippen molar-refractivity contribution in [2.75, 3.05) is 26.2 Å². The van der Waals surface area contributed by atoms with E-state index in [0.29, 0.717) is 18.7 Å². The number of hydrogen-bond donors (Lipinski definition) is 1. The summed E-state index contributed by atoms with van der Waals surface area (Å²) in [7, 11) is 0. The van der Waals surface area contributed by atoms with Crippen LogP contribution in [-0.4, -0.2) is 65.3 Å². The molecule has 2 saturated heterocycles. The average Bonchev–Trinajstić information content (AvgIpc) is 2.96. The van der Waals surface area contributed by atoms with Gasteiger partial charge in [-0.3, -0.25) is 9.69 Å². The normalized spacial score (nSPS) is 24.9. The van der Waals surface area contributed by atoms with Gasteiger partial charge in [0.25, 0.3) is 5.91 Å². The van der Waals surface area contributed by atoms with Crippen molar-refractivity contribution in [3.63, 3.8) is 0 Å². The van der Waals surface area contributed by atoms with Crippen LogP contribution in [0.3, 0.4) is 0 Å². The lowest BCUT2D eigenvalue weighted by atomic mass is 10.1. The summed E-state index contributed by atoms with van der Waals surface area (Å²) in [5.74, 6) is -0.0292. The Bertz CT molecular complexity index is 567. The third-order valence-corrected chi connectivity index (χ3v) is 5.03. The van der Waals surface area contributed by atoms with Crippen molar-refractivity contribution in [2.24, 2.45) is 0 Å². The number of β-amino-alcohol motifs (C(OH)–C–C–N with tert-alkyl or cyclic N) is 1. The van der Waals surface area contributed by atoms with Crippen molar-refractivity contribution in [3.05, 3.63) is 35.4 Å². The number of hydrogen-bond acceptors (Lipinski definition) is 4. The molecule has 25 heavy (non-hydrogen) atoms. The summed E-state index contributed by atoms with van der Waals surface area (Å²) in [6.45, 7) is 7.98. The van der Waals surface area contributed by atoms with Gasteiger partial charge in [-0.1, -0.05) is 18.6 Å². The first-order chi connectivity index (χ1) is 12.0. The second-order valence-electron chi connectivity index (χ2n) is 7.53. The van der Waals surface area contributed by atoms with Crippen LogP contribution >= 0.6 is 0 Å². The molecule has 0 aliphatic carbocycles. The molecule has 1 amide bonds. The Morgan fingerprint density at radius 2 is 1.84 bits per heavy atom. The van der Waals surface area contributed by atoms with Crippen molar-refractivity contribution in [3.8, 4) is 0 Å². The molecule has 0 aromatic heterocycles. The summed E-state index contributed by atoms with van der Waals surface area (Å²) in [6.07, 6.45) is 3.06. The highest BCUT2D eigenvalue weighted by Crippen LogP contribution is 2.19. The number of carbonyl (C=O) groups excluding carboxylic acids is 1. The predicted octanol–water partition coefficient (Wildman–Crippen LogP) is 2.28. The van der Waals surface area contributed by atoms with Crippen LogP contribution in [0.1, 0.15) is 49.0 Å². The van der Waals surface area contributed by atoms with E-state index >= 15 is 0 Å². The summed E-state index contributed by atoms with van der Waals surface area (Å²) in [5.41, 5.74) is 1.93. The van der Waals surface area contributed by atoms with Crippen molar-refractivity contribution in [1.82, 2.24) is 9.80 Å². The number of aliphatic hydroxyl groups excluding tert-OH is 1. The number of carbonyl (C=O) groups is 1. The first-order valence-corrected chi connectivity index (χ1v) is 9.47. The minimum Gasteiger partial charge on any atom is -0.388 e. The molecular formula is C20H30N2O3. The number of aliphatic hydroxyl groups is 1. The molecule has 0 saturated carbocycles. The standard InChI is InChI=1S/C20H30N2O3/c1-15(2)25-19-14-22(13-18(19)23)20(24)17-8-6-16(7-9-17)12-21-10-4-3-5-11-21/h6-9,15,18-19,23H,3-5,10-14H2,1-2H3/t18-,19-/m1/s1. The maximum Gasteiger partial charge on any atom is 0.254 e. The zero-order chi connectivity index (χ0) is 17.8. The molecule has 0 spiro atoms. The van der Waals surface area contributed by atoms with Gasteiger partial charge in [-0.05, 0) is 57.5 Å². The Morgan fingerprint density at radius 3 is 2.48 bits per heavy atom. The van der Waals surface area contributed by atoms with Gasteiger partial charge in [0.2, 0.25) is 0 Å². The van der Waals surface area contributed by atoms with Crippen molar-refractivity contribution < 1.29 is 14.6 Å². The van der Waals surface area contributed by atoms with Gasteiger partial charge in [-0.2, -0.15) is 0 Å². The molecule has 2 aliphatic heterocycles. The number of amides is 1. The second kappa shape index (κ2) is 8.30. The van der Waals surface area contributed by atoms with E-state index in [1.165, 1.54) is 37.9 Å². The Morgan fingerprint density at radius 1 is 1.16 bits per heavy atom. The van der Waals surface area contributed by atoms with Gasteiger partial charge in [0, 0.05) is 25.2 Å². The fraction of sp³-hybridized carbons (Fsp3) is 0.650. The van der Waals surface area contributed by atoms with Crippen LogP contribution in [0.15, 0.2) is 24.3 Å². The van der Waals surface area contributed by atoms with Gasteiger partial charge in [0.05, 0.1) is 12.2 Å². The van der Waals surface area contributed by atoms with Crippen LogP contribution in [0.5, 0.6) is 0 Å². The van der Waals surface area contributed by atoms with Crippen molar-refractivity contribution in [2.45, 2.75) is 58.0 Å². The monoisotopic (exact) mass is 346 g/mol. The summed E-state index contributed by atoms with van der Waals surface area (Å²) < 4.78 is 5.69. The number of benzene rings is 1. The molecule has 1 aromatic rings. The van der Waals surface area contributed by atoms with Gasteiger partial charge in [-0.25, -0.2) is 0 Å². The SMILES string of the molecule is CC(C)O[C@@H]1CN(C(=O)c2ccc(CN3CCCCC3)cc2)C[C@H]1O. The van der Waals surface area contributed by atoms with Gasteiger partial charge in [0.1, 0.15) is 6.10 Å². The average molecular weight is 346 g/mol. The molecule has 0 unspecified atom stereocenters. The van der Waals surface area contributed by atoms with Gasteiger partial charge < -0.3 is 14.7 Å². The Kier molecular flexibility index (Phi) is 6.10. The lowest BCUT2D eigenvalue weighted by molar-refractivity contribution is -0.0394. The van der Waals surface area contributed by atoms with E-state index in [9.17, 15) is 9.90 Å². The summed E-state index contributed by atoms with van der Waals surface area (Å²) >= 11 is 0. The van der Waals surface area contributed by atoms with Gasteiger partial charge >= 0.3 is 0 Å². The minimum absolute atomic E-state index is 0.0292. The van der Waals surface area contributed by atoms with E-state index in [2.05, 4.69) is 17.0 Å². The highest BCUT2D eigenvalue weighted by Gasteiger charge is 2.35. The minimum atomic E-state index is -0.607. The lowest BCUT2D eigenvalue weighted by Gasteiger charge is -2.26. The molecular weight excluding hydrogens is 316 g/mol. The van der Waals surface area contributed by atoms with Crippen LogP contribution in [0.4, 0.5) is 0 Å². The van der Waals surface area contributed by atoms with E-state index in [0.717, 1.165) is 6.54 Å². The van der Waals surface area contributed by atoms with Crippen LogP contribution < -0.4 is 0 Å². The predicted molar refractivity (Wildman–Crippen MR) is 97.5 cm³/mol. The maximum absolute atomic E-state index is 12.7. The number of ether oxygens (including phenoxy) is 1. The fourth-order valence-corrected chi connectivity index (χ4v) is 3.72. The summed E-state index contributed by atoms with van der Waals surface area (Å²) in [5, 5.41) is 10.1. The van der Waals surface area contributed by atoms with E-state index in [1.807, 2.05) is 26.0 Å². The maximum atomic E-state index is 12.7. The van der Waals surface area contributed by atoms with E-state index in [4.69, 9.17) is 4.74 Å². The quantitative estimate of drug-likeness (QED) is 0.889. The number of piperidine rings is 1. The van der Waals surface area contributed by atoms with Gasteiger partial charge in [0.15, 0.2) is 0 Å². The molecule has 138 valence electrons. The molecule has 2 aliphatic rings. The Hall–Kier alpha value is -1.43. The van der Waals surface area contributed by atoms with E-state index in [1.54, 1.807) is 4.90 Å². The first-order valence-electron chi connectivity index (χ1n) is 9.47. The zero-order valence-electron chi connectivity index (χ0n) is 15.4. The van der Waals surface area contributed by atoms with Gasteiger partial charge in [-0.15, -0.1) is 0 Å². The van der Waals surface area contributed by atoms with Crippen LogP contribution in [-0.2, 0) is 11.3 Å². The molecule has 5 nitrogen and oxygen atoms in total. The summed E-state index contributed by atoms with van der Waals surface area (Å²) in [6, 6.07) is 7.92. The topological polar surface area (TPSA) is 53.0 Å². The highest BCUT2D eigenvalue weighted by atomic mass is 16.5. The van der Waals surface area contributed by atoms with E-state index < -0.39 is 6.10 Å². The van der Waals surface area contributed by atoms with Crippen LogP contribution in [0.25, 0.3) is 0 Å². The fourth-order valence-electron chi connectivity index (χ4n) is 3.72. The Balaban J connectivity index is 1.57. The number of nitrogens with zero attached hydrogens (tertiary/aromatic N) is 2. The molecule has 2 fully saturated rings. The number of likely N-dealkylation sites (tertiary alicyclic amines) is 2. The molecule has 5 heteroatoms. The number of rotatable bonds is 5. The molecule has 1 N–H and O–H groups in total. The molecule has 0 bridgehead atoms. The van der Waals surface area contributed by atoms with Crippen molar-refractivity contribution in [1.29, 1.82) is 0 Å². The van der Waals surface area contributed by atoms with Crippen molar-refractivity contribution >= 4 is 5.91 Å². The highest BCUT2D eigenvalue weighted by molar-refractivity contribution is 5.94. The molecule has 3 rings (SSSR count). The third-order valence-electron chi connectivity index (χ3n) is 5.03. The summed E-state index contributed by atoms with van der Waals surface area (Å²) in [4.78, 5) is 16.8. The molecule has 2 heterocycles. The van der Waals surface area contributed by atoms with E-state index in [-0.39, 0.29) is 18.1 Å².